The molecule has 0 fully saturated rings. The SMILES string of the molecule is CCC(C#N)CC(C)(CC(C)S(=O)O)C(=O)OCCNCC(F)(F)F. The third-order valence-electron chi connectivity index (χ3n) is 3.78. The molecule has 6 nitrogen and oxygen atoms in total. The highest BCUT2D eigenvalue weighted by Crippen LogP contribution is 2.35. The zero-order chi connectivity index (χ0) is 19.7. The van der Waals surface area contributed by atoms with Crippen LogP contribution in [0.4, 0.5) is 13.2 Å². The molecule has 0 aliphatic carbocycles. The molecule has 2 N–H and O–H groups in total. The smallest absolute Gasteiger partial charge is 0.401 e. The zero-order valence-corrected chi connectivity index (χ0v) is 15.4. The van der Waals surface area contributed by atoms with Crippen molar-refractivity contribution in [3.8, 4) is 6.07 Å². The molecule has 0 amide bonds. The molecule has 0 aliphatic rings. The molecule has 0 aromatic rings. The molecule has 4 atom stereocenters. The van der Waals surface area contributed by atoms with Gasteiger partial charge >= 0.3 is 12.1 Å². The zero-order valence-electron chi connectivity index (χ0n) is 14.6. The summed E-state index contributed by atoms with van der Waals surface area (Å²) in [6.45, 7) is 3.22. The van der Waals surface area contributed by atoms with Crippen LogP contribution >= 0.6 is 0 Å². The first kappa shape index (κ1) is 23.8. The van der Waals surface area contributed by atoms with Crippen molar-refractivity contribution in [3.63, 3.8) is 0 Å². The van der Waals surface area contributed by atoms with Gasteiger partial charge in [-0.05, 0) is 33.1 Å². The minimum Gasteiger partial charge on any atom is -0.464 e. The molecule has 10 heteroatoms. The van der Waals surface area contributed by atoms with E-state index in [1.165, 1.54) is 6.92 Å². The summed E-state index contributed by atoms with van der Waals surface area (Å²) < 4.78 is 61.5. The normalized spacial score (nSPS) is 17.8. The number of halogens is 3. The number of alkyl halides is 3. The highest BCUT2D eigenvalue weighted by molar-refractivity contribution is 7.79. The maximum Gasteiger partial charge on any atom is 0.401 e. The molecule has 146 valence electrons. The second kappa shape index (κ2) is 10.7. The number of hydrogen-bond donors (Lipinski definition) is 2. The van der Waals surface area contributed by atoms with Crippen LogP contribution in [0.2, 0.25) is 0 Å². The predicted octanol–water partition coefficient (Wildman–Crippen LogP) is 2.63. The molecular weight excluding hydrogens is 361 g/mol. The monoisotopic (exact) mass is 386 g/mol. The van der Waals surface area contributed by atoms with Crippen molar-refractivity contribution in [2.24, 2.45) is 11.3 Å². The van der Waals surface area contributed by atoms with Crippen LogP contribution in [0.1, 0.15) is 40.0 Å². The van der Waals surface area contributed by atoms with Gasteiger partial charge in [-0.25, -0.2) is 4.21 Å². The Kier molecular flexibility index (Phi) is 10.2. The minimum absolute atomic E-state index is 0.0309. The van der Waals surface area contributed by atoms with Gasteiger partial charge < -0.3 is 14.6 Å². The third kappa shape index (κ3) is 9.77. The van der Waals surface area contributed by atoms with Crippen molar-refractivity contribution in [1.82, 2.24) is 5.32 Å². The van der Waals surface area contributed by atoms with Crippen LogP contribution in [0.5, 0.6) is 0 Å². The van der Waals surface area contributed by atoms with Crippen molar-refractivity contribution in [1.29, 1.82) is 5.26 Å². The lowest BCUT2D eigenvalue weighted by atomic mass is 9.77. The van der Waals surface area contributed by atoms with Gasteiger partial charge in [0, 0.05) is 12.5 Å². The highest BCUT2D eigenvalue weighted by atomic mass is 32.2. The largest absolute Gasteiger partial charge is 0.464 e. The lowest BCUT2D eigenvalue weighted by Crippen LogP contribution is -2.38. The fraction of sp³-hybridized carbons (Fsp3) is 0.867. The molecule has 0 rings (SSSR count). The summed E-state index contributed by atoms with van der Waals surface area (Å²) in [7, 11) is 0. The average molecular weight is 386 g/mol. The van der Waals surface area contributed by atoms with Gasteiger partial charge in [0.15, 0.2) is 11.1 Å². The second-order valence-corrected chi connectivity index (χ2v) is 7.57. The van der Waals surface area contributed by atoms with Crippen molar-refractivity contribution >= 4 is 17.0 Å². The predicted molar refractivity (Wildman–Crippen MR) is 86.9 cm³/mol. The molecular formula is C15H25F3N2O4S. The number of nitrogens with one attached hydrogen (secondary N) is 1. The van der Waals surface area contributed by atoms with Crippen LogP contribution in [0, 0.1) is 22.7 Å². The maximum atomic E-state index is 12.4. The summed E-state index contributed by atoms with van der Waals surface area (Å²) in [4.78, 5) is 12.4. The number of carbonyl (C=O) groups excluding carboxylic acids is 1. The number of esters is 1. The van der Waals surface area contributed by atoms with Gasteiger partial charge in [0.1, 0.15) is 6.61 Å². The van der Waals surface area contributed by atoms with Gasteiger partial charge in [0.25, 0.3) is 0 Å². The number of rotatable bonds is 11. The molecule has 0 bridgehead atoms. The summed E-state index contributed by atoms with van der Waals surface area (Å²) in [5.41, 5.74) is -1.17. The summed E-state index contributed by atoms with van der Waals surface area (Å²) >= 11 is -2.14. The van der Waals surface area contributed by atoms with Crippen LogP contribution in [0.3, 0.4) is 0 Å². The van der Waals surface area contributed by atoms with Crippen molar-refractivity contribution in [3.05, 3.63) is 0 Å². The molecule has 0 spiro atoms. The highest BCUT2D eigenvalue weighted by Gasteiger charge is 2.39. The van der Waals surface area contributed by atoms with E-state index in [0.29, 0.717) is 6.42 Å². The number of carbonyl (C=O) groups is 1. The molecule has 0 saturated carbocycles. The molecule has 0 heterocycles. The molecule has 0 radical (unpaired) electrons. The minimum atomic E-state index is -4.35. The van der Waals surface area contributed by atoms with Crippen molar-refractivity contribution in [2.75, 3.05) is 19.7 Å². The third-order valence-corrected chi connectivity index (χ3v) is 4.64. The first-order valence-electron chi connectivity index (χ1n) is 7.89. The van der Waals surface area contributed by atoms with Crippen molar-refractivity contribution < 1.29 is 31.5 Å². The van der Waals surface area contributed by atoms with Gasteiger partial charge in [0.2, 0.25) is 0 Å². The number of ether oxygens (including phenoxy) is 1. The van der Waals surface area contributed by atoms with E-state index in [1.54, 1.807) is 13.8 Å². The fourth-order valence-electron chi connectivity index (χ4n) is 2.40. The first-order chi connectivity index (χ1) is 11.4. The van der Waals surface area contributed by atoms with Crippen LogP contribution in [0.25, 0.3) is 0 Å². The molecule has 25 heavy (non-hydrogen) atoms. The Labute approximate surface area is 148 Å². The number of nitrogens with zero attached hydrogens (tertiary/aromatic N) is 1. The second-order valence-electron chi connectivity index (χ2n) is 6.22. The Morgan fingerprint density at radius 1 is 1.40 bits per heavy atom. The van der Waals surface area contributed by atoms with Gasteiger partial charge in [-0.3, -0.25) is 4.79 Å². The number of hydrogen-bond acceptors (Lipinski definition) is 5. The lowest BCUT2D eigenvalue weighted by molar-refractivity contribution is -0.156. The molecule has 0 saturated heterocycles. The van der Waals surface area contributed by atoms with Crippen LogP contribution in [-0.4, -0.2) is 45.9 Å². The van der Waals surface area contributed by atoms with E-state index in [1.807, 2.05) is 0 Å². The van der Waals surface area contributed by atoms with Crippen LogP contribution in [0.15, 0.2) is 0 Å². The van der Waals surface area contributed by atoms with E-state index >= 15 is 0 Å². The van der Waals surface area contributed by atoms with E-state index in [0.717, 1.165) is 0 Å². The Hall–Kier alpha value is -1.18. The quantitative estimate of drug-likeness (QED) is 0.322. The maximum absolute atomic E-state index is 12.4. The summed E-state index contributed by atoms with van der Waals surface area (Å²) in [6, 6.07) is 2.07. The van der Waals surface area contributed by atoms with E-state index in [-0.39, 0.29) is 26.0 Å². The van der Waals surface area contributed by atoms with Gasteiger partial charge in [-0.2, -0.15) is 18.4 Å². The summed E-state index contributed by atoms with van der Waals surface area (Å²) in [5.74, 6) is -1.12. The summed E-state index contributed by atoms with van der Waals surface area (Å²) in [6.07, 6.45) is -3.66. The van der Waals surface area contributed by atoms with Gasteiger partial charge in [-0.15, -0.1) is 0 Å². The van der Waals surface area contributed by atoms with Crippen LogP contribution in [-0.2, 0) is 20.6 Å². The molecule has 0 aromatic carbocycles. The molecule has 4 unspecified atom stereocenters. The Morgan fingerprint density at radius 2 is 2.00 bits per heavy atom. The fourth-order valence-corrected chi connectivity index (χ4v) is 2.91. The van der Waals surface area contributed by atoms with Gasteiger partial charge in [0.05, 0.1) is 23.3 Å². The Balaban J connectivity index is 4.81. The van der Waals surface area contributed by atoms with Crippen molar-refractivity contribution in [2.45, 2.75) is 51.5 Å². The first-order valence-corrected chi connectivity index (χ1v) is 9.06. The standard InChI is InChI=1S/C15H25F3N2O4S/c1-4-12(9-19)8-14(3,7-11(2)25(22)23)13(21)24-6-5-20-10-15(16,17)18/h11-12,20H,4-8,10H2,1-3H3,(H,22,23). The van der Waals surface area contributed by atoms with Crippen LogP contribution < -0.4 is 5.32 Å². The lowest BCUT2D eigenvalue weighted by Gasteiger charge is -2.30. The number of nitriles is 1. The van der Waals surface area contributed by atoms with E-state index in [4.69, 9.17) is 10.00 Å². The topological polar surface area (TPSA) is 99.4 Å². The van der Waals surface area contributed by atoms with E-state index in [2.05, 4.69) is 11.4 Å². The molecule has 0 aromatic heterocycles. The Bertz CT molecular complexity index is 496. The van der Waals surface area contributed by atoms with E-state index < -0.39 is 46.4 Å². The summed E-state index contributed by atoms with van der Waals surface area (Å²) in [5, 5.41) is 10.5. The Morgan fingerprint density at radius 3 is 2.44 bits per heavy atom. The van der Waals surface area contributed by atoms with Gasteiger partial charge in [-0.1, -0.05) is 6.92 Å². The average Bonchev–Trinajstić information content (AvgIpc) is 2.50. The molecule has 0 aliphatic heterocycles. The van der Waals surface area contributed by atoms with E-state index in [9.17, 15) is 26.7 Å².